The quantitative estimate of drug-likeness (QED) is 0.637. The van der Waals surface area contributed by atoms with Gasteiger partial charge in [-0.25, -0.2) is 0 Å². The van der Waals surface area contributed by atoms with Gasteiger partial charge in [-0.15, -0.1) is 0 Å². The summed E-state index contributed by atoms with van der Waals surface area (Å²) in [5.74, 6) is -0.177. The molecule has 0 saturated heterocycles. The molecule has 0 aromatic heterocycles. The third-order valence-corrected chi connectivity index (χ3v) is 2.94. The van der Waals surface area contributed by atoms with Crippen molar-refractivity contribution in [3.63, 3.8) is 0 Å². The fourth-order valence-corrected chi connectivity index (χ4v) is 1.46. The van der Waals surface area contributed by atoms with Crippen LogP contribution in [0.5, 0.6) is 0 Å². The molecule has 0 aliphatic carbocycles. The van der Waals surface area contributed by atoms with Crippen molar-refractivity contribution in [1.29, 1.82) is 0 Å². The second-order valence-corrected chi connectivity index (χ2v) is 4.23. The van der Waals surface area contributed by atoms with Crippen molar-refractivity contribution >= 4 is 5.97 Å². The lowest BCUT2D eigenvalue weighted by atomic mass is 10.2. The fraction of sp³-hybridized carbons (Fsp3) is 0.917. The van der Waals surface area contributed by atoms with Crippen LogP contribution in [0.2, 0.25) is 0 Å². The molecule has 16 heavy (non-hydrogen) atoms. The molecule has 4 heteroatoms. The summed E-state index contributed by atoms with van der Waals surface area (Å²) in [6, 6.07) is 0.263. The van der Waals surface area contributed by atoms with Gasteiger partial charge in [0.1, 0.15) is 6.04 Å². The van der Waals surface area contributed by atoms with E-state index in [9.17, 15) is 4.79 Å². The molecule has 0 aromatic rings. The van der Waals surface area contributed by atoms with Crippen molar-refractivity contribution in [3.8, 4) is 0 Å². The first kappa shape index (κ1) is 15.4. The summed E-state index contributed by atoms with van der Waals surface area (Å²) in [7, 11) is 3.48. The normalized spacial score (nSPS) is 14.9. The average molecular weight is 230 g/mol. The molecule has 0 bridgehead atoms. The van der Waals surface area contributed by atoms with Gasteiger partial charge in [-0.3, -0.25) is 4.79 Å². The summed E-state index contributed by atoms with van der Waals surface area (Å²) in [5.41, 5.74) is 0. The third kappa shape index (κ3) is 5.47. The number of nitrogens with zero attached hydrogens (tertiary/aromatic N) is 1. The Morgan fingerprint density at radius 3 is 2.50 bits per heavy atom. The van der Waals surface area contributed by atoms with Crippen LogP contribution in [0.15, 0.2) is 0 Å². The maximum atomic E-state index is 11.6. The van der Waals surface area contributed by atoms with Crippen LogP contribution < -0.4 is 5.32 Å². The predicted molar refractivity (Wildman–Crippen MR) is 66.5 cm³/mol. The minimum atomic E-state index is -0.219. The summed E-state index contributed by atoms with van der Waals surface area (Å²) in [4.78, 5) is 13.7. The monoisotopic (exact) mass is 230 g/mol. The lowest BCUT2D eigenvalue weighted by Gasteiger charge is -2.27. The number of rotatable bonds is 8. The Morgan fingerprint density at radius 2 is 2.06 bits per heavy atom. The molecule has 0 aliphatic rings. The lowest BCUT2D eigenvalue weighted by molar-refractivity contribution is -0.143. The first-order chi connectivity index (χ1) is 7.56. The molecular weight excluding hydrogens is 204 g/mol. The first-order valence-electron chi connectivity index (χ1n) is 6.08. The molecule has 0 spiro atoms. The summed E-state index contributed by atoms with van der Waals surface area (Å²) in [5, 5.41) is 3.21. The number of ether oxygens (including phenoxy) is 1. The summed E-state index contributed by atoms with van der Waals surface area (Å²) in [6.07, 6.45) is 2.10. The van der Waals surface area contributed by atoms with Crippen molar-refractivity contribution < 1.29 is 9.53 Å². The number of hydrogen-bond acceptors (Lipinski definition) is 4. The van der Waals surface area contributed by atoms with Crippen LogP contribution in [-0.2, 0) is 9.53 Å². The van der Waals surface area contributed by atoms with Crippen molar-refractivity contribution in [2.75, 3.05) is 27.2 Å². The van der Waals surface area contributed by atoms with E-state index in [4.69, 9.17) is 4.74 Å². The Morgan fingerprint density at radius 1 is 1.44 bits per heavy atom. The van der Waals surface area contributed by atoms with Crippen LogP contribution in [0.3, 0.4) is 0 Å². The SMILES string of the molecule is CCCNC(CN(C)C(C)CC)C(=O)OC. The number of nitrogens with one attached hydrogen (secondary N) is 1. The van der Waals surface area contributed by atoms with Crippen molar-refractivity contribution in [2.24, 2.45) is 0 Å². The molecule has 2 unspecified atom stereocenters. The minimum absolute atomic E-state index is 0.177. The van der Waals surface area contributed by atoms with Crippen LogP contribution in [0, 0.1) is 0 Å². The topological polar surface area (TPSA) is 41.6 Å². The van der Waals surface area contributed by atoms with Crippen LogP contribution in [0.1, 0.15) is 33.6 Å². The molecule has 0 aromatic carbocycles. The zero-order valence-electron chi connectivity index (χ0n) is 11.2. The molecule has 0 amide bonds. The third-order valence-electron chi connectivity index (χ3n) is 2.94. The van der Waals surface area contributed by atoms with Gasteiger partial charge in [0.05, 0.1) is 7.11 Å². The van der Waals surface area contributed by atoms with E-state index in [0.717, 1.165) is 19.4 Å². The van der Waals surface area contributed by atoms with E-state index in [1.165, 1.54) is 7.11 Å². The predicted octanol–water partition coefficient (Wildman–Crippen LogP) is 1.26. The molecule has 0 rings (SSSR count). The highest BCUT2D eigenvalue weighted by Crippen LogP contribution is 2.02. The van der Waals surface area contributed by atoms with Gasteiger partial charge < -0.3 is 15.0 Å². The molecule has 0 heterocycles. The Bertz CT molecular complexity index is 197. The van der Waals surface area contributed by atoms with Gasteiger partial charge in [-0.2, -0.15) is 0 Å². The Labute approximate surface area is 99.3 Å². The van der Waals surface area contributed by atoms with Crippen LogP contribution in [-0.4, -0.2) is 50.2 Å². The Kier molecular flexibility index (Phi) is 8.21. The number of likely N-dealkylation sites (N-methyl/N-ethyl adjacent to an activating group) is 1. The summed E-state index contributed by atoms with van der Waals surface area (Å²) in [6.45, 7) is 7.93. The van der Waals surface area contributed by atoms with Gasteiger partial charge in [0.25, 0.3) is 0 Å². The number of methoxy groups -OCH3 is 1. The molecule has 0 saturated carbocycles. The minimum Gasteiger partial charge on any atom is -0.468 e. The lowest BCUT2D eigenvalue weighted by Crippen LogP contribution is -2.47. The maximum absolute atomic E-state index is 11.6. The van der Waals surface area contributed by atoms with Gasteiger partial charge in [0.15, 0.2) is 0 Å². The number of carbonyl (C=O) groups excluding carboxylic acids is 1. The van der Waals surface area contributed by atoms with Gasteiger partial charge in [-0.05, 0) is 33.4 Å². The first-order valence-corrected chi connectivity index (χ1v) is 6.08. The molecule has 1 N–H and O–H groups in total. The standard InChI is InChI=1S/C12H26N2O2/c1-6-8-13-11(12(15)16-5)9-14(4)10(3)7-2/h10-11,13H,6-9H2,1-5H3. The van der Waals surface area contributed by atoms with E-state index in [1.54, 1.807) is 0 Å². The van der Waals surface area contributed by atoms with Gasteiger partial charge in [0, 0.05) is 12.6 Å². The second-order valence-electron chi connectivity index (χ2n) is 4.23. The van der Waals surface area contributed by atoms with E-state index < -0.39 is 0 Å². The van der Waals surface area contributed by atoms with Crippen LogP contribution in [0.25, 0.3) is 0 Å². The zero-order chi connectivity index (χ0) is 12.6. The van der Waals surface area contributed by atoms with Crippen LogP contribution in [0.4, 0.5) is 0 Å². The average Bonchev–Trinajstić information content (AvgIpc) is 2.31. The van der Waals surface area contributed by atoms with Crippen molar-refractivity contribution in [1.82, 2.24) is 10.2 Å². The number of carbonyl (C=O) groups is 1. The van der Waals surface area contributed by atoms with E-state index in [0.29, 0.717) is 12.6 Å². The molecule has 0 radical (unpaired) electrons. The molecule has 96 valence electrons. The van der Waals surface area contributed by atoms with Gasteiger partial charge in [0.2, 0.25) is 0 Å². The van der Waals surface area contributed by atoms with E-state index in [2.05, 4.69) is 31.0 Å². The highest BCUT2D eigenvalue weighted by Gasteiger charge is 2.21. The Balaban J connectivity index is 4.24. The number of hydrogen-bond donors (Lipinski definition) is 1. The van der Waals surface area contributed by atoms with E-state index in [1.807, 2.05) is 7.05 Å². The maximum Gasteiger partial charge on any atom is 0.324 e. The van der Waals surface area contributed by atoms with Crippen LogP contribution >= 0.6 is 0 Å². The van der Waals surface area contributed by atoms with Crippen molar-refractivity contribution in [2.45, 2.75) is 45.7 Å². The van der Waals surface area contributed by atoms with Crippen molar-refractivity contribution in [3.05, 3.63) is 0 Å². The summed E-state index contributed by atoms with van der Waals surface area (Å²) >= 11 is 0. The largest absolute Gasteiger partial charge is 0.468 e. The smallest absolute Gasteiger partial charge is 0.324 e. The second kappa shape index (κ2) is 8.53. The van der Waals surface area contributed by atoms with E-state index >= 15 is 0 Å². The van der Waals surface area contributed by atoms with E-state index in [-0.39, 0.29) is 12.0 Å². The highest BCUT2D eigenvalue weighted by atomic mass is 16.5. The number of esters is 1. The highest BCUT2D eigenvalue weighted by molar-refractivity contribution is 5.75. The molecular formula is C12H26N2O2. The molecule has 2 atom stereocenters. The molecule has 0 aliphatic heterocycles. The van der Waals surface area contributed by atoms with Gasteiger partial charge in [-0.1, -0.05) is 13.8 Å². The molecule has 4 nitrogen and oxygen atoms in total. The molecule has 0 fully saturated rings. The van der Waals surface area contributed by atoms with Gasteiger partial charge >= 0.3 is 5.97 Å². The Hall–Kier alpha value is -0.610. The zero-order valence-corrected chi connectivity index (χ0v) is 11.2. The fourth-order valence-electron chi connectivity index (χ4n) is 1.46. The summed E-state index contributed by atoms with van der Waals surface area (Å²) < 4.78 is 4.80.